The van der Waals surface area contributed by atoms with E-state index in [0.717, 1.165) is 12.5 Å². The second-order valence-electron chi connectivity index (χ2n) is 8.70. The Morgan fingerprint density at radius 1 is 1.18 bits per heavy atom. The monoisotopic (exact) mass is 472 g/mol. The molecule has 34 heavy (non-hydrogen) atoms. The third kappa shape index (κ3) is 4.20. The Balaban J connectivity index is 1.50. The number of nitrogens with zero attached hydrogens (tertiary/aromatic N) is 3. The molecule has 0 radical (unpaired) electrons. The summed E-state index contributed by atoms with van der Waals surface area (Å²) >= 11 is 0. The van der Waals surface area contributed by atoms with Crippen molar-refractivity contribution >= 4 is 34.7 Å². The van der Waals surface area contributed by atoms with Crippen LogP contribution in [0, 0.1) is 0 Å². The second kappa shape index (κ2) is 8.66. The average Bonchev–Trinajstić information content (AvgIpc) is 3.14. The molecule has 1 aliphatic carbocycles. The highest BCUT2D eigenvalue weighted by molar-refractivity contribution is 6.04. The predicted molar refractivity (Wildman–Crippen MR) is 120 cm³/mol. The Morgan fingerprint density at radius 3 is 2.71 bits per heavy atom. The van der Waals surface area contributed by atoms with Crippen LogP contribution in [0.2, 0.25) is 0 Å². The first-order valence-electron chi connectivity index (χ1n) is 11.2. The van der Waals surface area contributed by atoms with Crippen LogP contribution in [0.4, 0.5) is 29.6 Å². The molecule has 0 bridgehead atoms. The van der Waals surface area contributed by atoms with Gasteiger partial charge >= 0.3 is 6.09 Å². The molecule has 2 amide bonds. The Hall–Kier alpha value is -3.56. The van der Waals surface area contributed by atoms with Gasteiger partial charge < -0.3 is 9.30 Å². The minimum Gasteiger partial charge on any atom is -0.449 e. The van der Waals surface area contributed by atoms with E-state index in [1.165, 1.54) is 23.1 Å². The summed E-state index contributed by atoms with van der Waals surface area (Å²) in [5.74, 6) is -0.509. The molecule has 5 rings (SSSR count). The van der Waals surface area contributed by atoms with Crippen LogP contribution in [0.15, 0.2) is 42.5 Å². The maximum atomic E-state index is 15.1. The number of carbonyl (C=O) groups is 2. The van der Waals surface area contributed by atoms with E-state index in [-0.39, 0.29) is 23.6 Å². The zero-order valence-electron chi connectivity index (χ0n) is 18.3. The van der Waals surface area contributed by atoms with Gasteiger partial charge in [0.05, 0.1) is 24.2 Å². The minimum absolute atomic E-state index is 0.00128. The number of ether oxygens (including phenoxy) is 1. The fourth-order valence-electron chi connectivity index (χ4n) is 4.32. The van der Waals surface area contributed by atoms with Gasteiger partial charge in [0.15, 0.2) is 0 Å². The third-order valence-corrected chi connectivity index (χ3v) is 6.33. The van der Waals surface area contributed by atoms with E-state index in [1.54, 1.807) is 22.8 Å². The molecular formula is C24H23F3N4O3. The highest BCUT2D eigenvalue weighted by Crippen LogP contribution is 2.39. The molecule has 1 aliphatic heterocycles. The number of benzene rings is 2. The summed E-state index contributed by atoms with van der Waals surface area (Å²) in [6, 6.07) is 10.3. The van der Waals surface area contributed by atoms with Crippen LogP contribution in [0.5, 0.6) is 0 Å². The van der Waals surface area contributed by atoms with Crippen molar-refractivity contribution in [3.63, 3.8) is 0 Å². The fraction of sp³-hybridized carbons (Fsp3) is 0.375. The van der Waals surface area contributed by atoms with Crippen molar-refractivity contribution in [1.82, 2.24) is 9.55 Å². The molecule has 2 fully saturated rings. The van der Waals surface area contributed by atoms with Gasteiger partial charge in [-0.3, -0.25) is 15.0 Å². The molecule has 2 aromatic carbocycles. The Labute approximate surface area is 193 Å². The lowest BCUT2D eigenvalue weighted by molar-refractivity contribution is 0.0458. The van der Waals surface area contributed by atoms with Gasteiger partial charge in [0.25, 0.3) is 12.3 Å². The zero-order valence-corrected chi connectivity index (χ0v) is 18.3. The van der Waals surface area contributed by atoms with Crippen molar-refractivity contribution in [2.75, 3.05) is 23.4 Å². The van der Waals surface area contributed by atoms with E-state index in [2.05, 4.69) is 10.3 Å². The van der Waals surface area contributed by atoms with E-state index in [1.807, 2.05) is 0 Å². The maximum Gasteiger partial charge on any atom is 0.414 e. The van der Waals surface area contributed by atoms with Crippen LogP contribution < -0.4 is 10.2 Å². The fourth-order valence-corrected chi connectivity index (χ4v) is 4.32. The number of amides is 2. The number of imidazole rings is 1. The summed E-state index contributed by atoms with van der Waals surface area (Å²) in [6.07, 6.45) is -0.854. The highest BCUT2D eigenvalue weighted by atomic mass is 19.3. The van der Waals surface area contributed by atoms with Crippen LogP contribution >= 0.6 is 0 Å². The molecule has 2 aliphatic rings. The van der Waals surface area contributed by atoms with Gasteiger partial charge in [0.1, 0.15) is 5.67 Å². The van der Waals surface area contributed by atoms with Gasteiger partial charge in [-0.05, 0) is 56.0 Å². The third-order valence-electron chi connectivity index (χ3n) is 6.33. The molecule has 1 saturated heterocycles. The molecule has 1 aromatic heterocycles. The number of fused-ring (bicyclic) bond motifs is 1. The molecule has 7 nitrogen and oxygen atoms in total. The first-order chi connectivity index (χ1) is 16.3. The number of aromatic nitrogens is 2. The Bertz CT molecular complexity index is 1260. The SMILES string of the molecule is O=C(Nc1nc2cc(N3CCCOC3=O)ccc2n1CC1(F)CCC1)c1cccc(C(F)F)c1. The molecule has 2 heterocycles. The van der Waals surface area contributed by atoms with E-state index in [0.29, 0.717) is 49.1 Å². The molecule has 0 unspecified atom stereocenters. The lowest BCUT2D eigenvalue weighted by Gasteiger charge is -2.34. The average molecular weight is 472 g/mol. The standard InChI is InChI=1S/C24H23F3N4O3/c25-20(26)15-4-1-5-16(12-15)21(32)29-22-28-18-13-17(30-10-3-11-34-23(30)33)6-7-19(18)31(22)14-24(27)8-2-9-24/h1,4-7,12-13,20H,2-3,8-11,14H2,(H,28,29,32). The molecule has 1 N–H and O–H groups in total. The van der Waals surface area contributed by atoms with E-state index >= 15 is 4.39 Å². The molecular weight excluding hydrogens is 449 g/mol. The van der Waals surface area contributed by atoms with Crippen LogP contribution in [-0.4, -0.2) is 40.4 Å². The number of alkyl halides is 3. The first kappa shape index (κ1) is 22.2. The summed E-state index contributed by atoms with van der Waals surface area (Å²) in [6.45, 7) is 0.873. The number of hydrogen-bond donors (Lipinski definition) is 1. The maximum absolute atomic E-state index is 15.1. The summed E-state index contributed by atoms with van der Waals surface area (Å²) in [5, 5.41) is 2.66. The van der Waals surface area contributed by atoms with E-state index < -0.39 is 24.1 Å². The summed E-state index contributed by atoms with van der Waals surface area (Å²) < 4.78 is 47.9. The number of halogens is 3. The van der Waals surface area contributed by atoms with Crippen LogP contribution in [-0.2, 0) is 11.3 Å². The molecule has 3 aromatic rings. The van der Waals surface area contributed by atoms with Gasteiger partial charge in [0.2, 0.25) is 5.95 Å². The number of rotatable bonds is 6. The normalized spacial score (nSPS) is 17.5. The summed E-state index contributed by atoms with van der Waals surface area (Å²) in [7, 11) is 0. The predicted octanol–water partition coefficient (Wildman–Crippen LogP) is 5.47. The number of nitrogens with one attached hydrogen (secondary N) is 1. The number of cyclic esters (lactones) is 1. The van der Waals surface area contributed by atoms with E-state index in [4.69, 9.17) is 4.74 Å². The molecule has 0 spiro atoms. The largest absolute Gasteiger partial charge is 0.449 e. The van der Waals surface area contributed by atoms with Crippen LogP contribution in [0.3, 0.4) is 0 Å². The molecule has 178 valence electrons. The van der Waals surface area contributed by atoms with Crippen molar-refractivity contribution < 1.29 is 27.5 Å². The van der Waals surface area contributed by atoms with Crippen molar-refractivity contribution in [2.45, 2.75) is 44.3 Å². The minimum atomic E-state index is -2.71. The molecule has 1 saturated carbocycles. The van der Waals surface area contributed by atoms with Crippen LogP contribution in [0.1, 0.15) is 48.0 Å². The van der Waals surface area contributed by atoms with Crippen molar-refractivity contribution in [1.29, 1.82) is 0 Å². The first-order valence-corrected chi connectivity index (χ1v) is 11.2. The number of carbonyl (C=O) groups excluding carboxylic acids is 2. The van der Waals surface area contributed by atoms with Gasteiger partial charge in [-0.15, -0.1) is 0 Å². The van der Waals surface area contributed by atoms with Gasteiger partial charge in [-0.1, -0.05) is 12.1 Å². The van der Waals surface area contributed by atoms with Crippen molar-refractivity contribution in [2.24, 2.45) is 0 Å². The van der Waals surface area contributed by atoms with Crippen molar-refractivity contribution in [3.8, 4) is 0 Å². The number of anilines is 2. The van der Waals surface area contributed by atoms with Crippen molar-refractivity contribution in [3.05, 3.63) is 53.6 Å². The molecule has 0 atom stereocenters. The smallest absolute Gasteiger partial charge is 0.414 e. The van der Waals surface area contributed by atoms with Gasteiger partial charge in [0, 0.05) is 23.4 Å². The van der Waals surface area contributed by atoms with E-state index in [9.17, 15) is 18.4 Å². The quantitative estimate of drug-likeness (QED) is 0.517. The topological polar surface area (TPSA) is 76.5 Å². The summed E-state index contributed by atoms with van der Waals surface area (Å²) in [4.78, 5) is 31.0. The lowest BCUT2D eigenvalue weighted by Crippen LogP contribution is -2.37. The van der Waals surface area contributed by atoms with Gasteiger partial charge in [-0.25, -0.2) is 22.9 Å². The van der Waals surface area contributed by atoms with Gasteiger partial charge in [-0.2, -0.15) is 0 Å². The van der Waals surface area contributed by atoms with Crippen LogP contribution in [0.25, 0.3) is 11.0 Å². The summed E-state index contributed by atoms with van der Waals surface area (Å²) in [5.41, 5.74) is 0.0224. The molecule has 10 heteroatoms. The Kier molecular flexibility index (Phi) is 5.66. The zero-order chi connectivity index (χ0) is 23.9. The number of hydrogen-bond acceptors (Lipinski definition) is 4. The Morgan fingerprint density at radius 2 is 2.00 bits per heavy atom. The lowest BCUT2D eigenvalue weighted by atomic mass is 9.82. The highest BCUT2D eigenvalue weighted by Gasteiger charge is 2.38. The second-order valence-corrected chi connectivity index (χ2v) is 8.70.